The Morgan fingerprint density at radius 1 is 1.04 bits per heavy atom. The lowest BCUT2D eigenvalue weighted by atomic mass is 10.1. The Morgan fingerprint density at radius 2 is 1.69 bits per heavy atom. The minimum Gasteiger partial charge on any atom is -0.435 e. The van der Waals surface area contributed by atoms with Gasteiger partial charge in [-0.05, 0) is 54.8 Å². The summed E-state index contributed by atoms with van der Waals surface area (Å²) in [5, 5.41) is 5.56. The summed E-state index contributed by atoms with van der Waals surface area (Å²) >= 11 is 0. The summed E-state index contributed by atoms with van der Waals surface area (Å²) in [5.74, 6) is -0.0613. The number of anilines is 1. The third kappa shape index (κ3) is 5.02. The molecule has 7 heteroatoms. The van der Waals surface area contributed by atoms with E-state index in [0.717, 1.165) is 18.4 Å². The van der Waals surface area contributed by atoms with Gasteiger partial charge < -0.3 is 15.4 Å². The van der Waals surface area contributed by atoms with E-state index in [2.05, 4.69) is 15.4 Å². The topological polar surface area (TPSA) is 67.4 Å². The van der Waals surface area contributed by atoms with Gasteiger partial charge in [0.1, 0.15) is 5.75 Å². The standard InChI is InChI=1S/C19H18F2N2O3/c20-19(21)26-16-9-1-12(2-10-16)11-22-17(24)13-5-7-15(8-6-13)23-18(25)14-3-4-14/h1-2,5-10,14,19H,3-4,11H2,(H,22,24)(H,23,25). The molecule has 1 aliphatic rings. The number of ether oxygens (including phenoxy) is 1. The summed E-state index contributed by atoms with van der Waals surface area (Å²) in [6, 6.07) is 12.7. The number of hydrogen-bond acceptors (Lipinski definition) is 3. The van der Waals surface area contributed by atoms with Gasteiger partial charge in [-0.25, -0.2) is 0 Å². The Labute approximate surface area is 149 Å². The molecule has 0 heterocycles. The lowest BCUT2D eigenvalue weighted by Gasteiger charge is -2.08. The number of hydrogen-bond donors (Lipinski definition) is 2. The number of carbonyl (C=O) groups is 2. The minimum atomic E-state index is -2.86. The first-order valence-corrected chi connectivity index (χ1v) is 8.24. The Balaban J connectivity index is 1.50. The molecule has 1 fully saturated rings. The molecule has 0 bridgehead atoms. The molecule has 2 amide bonds. The molecule has 1 aliphatic carbocycles. The van der Waals surface area contributed by atoms with Gasteiger partial charge in [0.2, 0.25) is 5.91 Å². The average Bonchev–Trinajstić information content (AvgIpc) is 3.46. The van der Waals surface area contributed by atoms with E-state index in [1.54, 1.807) is 36.4 Å². The van der Waals surface area contributed by atoms with Crippen LogP contribution in [0, 0.1) is 5.92 Å². The second-order valence-corrected chi connectivity index (χ2v) is 6.05. The molecule has 2 N–H and O–H groups in total. The molecule has 0 spiro atoms. The van der Waals surface area contributed by atoms with Crippen LogP contribution in [0.5, 0.6) is 5.75 Å². The van der Waals surface area contributed by atoms with E-state index in [1.165, 1.54) is 12.1 Å². The fourth-order valence-corrected chi connectivity index (χ4v) is 2.37. The highest BCUT2D eigenvalue weighted by Crippen LogP contribution is 2.30. The van der Waals surface area contributed by atoms with E-state index in [-0.39, 0.29) is 30.0 Å². The minimum absolute atomic E-state index is 0.0152. The molecule has 5 nitrogen and oxygen atoms in total. The number of amides is 2. The molecule has 136 valence electrons. The van der Waals surface area contributed by atoms with Crippen molar-refractivity contribution in [2.24, 2.45) is 5.92 Å². The van der Waals surface area contributed by atoms with Crippen LogP contribution in [0.2, 0.25) is 0 Å². The van der Waals surface area contributed by atoms with E-state index in [9.17, 15) is 18.4 Å². The quantitative estimate of drug-likeness (QED) is 0.793. The van der Waals surface area contributed by atoms with Crippen LogP contribution in [0.1, 0.15) is 28.8 Å². The maximum atomic E-state index is 12.2. The van der Waals surface area contributed by atoms with Gasteiger partial charge in [-0.3, -0.25) is 9.59 Å². The SMILES string of the molecule is O=C(NCc1ccc(OC(F)F)cc1)c1ccc(NC(=O)C2CC2)cc1. The van der Waals surface area contributed by atoms with Crippen LogP contribution in [-0.2, 0) is 11.3 Å². The van der Waals surface area contributed by atoms with E-state index in [4.69, 9.17) is 0 Å². The van der Waals surface area contributed by atoms with E-state index in [1.807, 2.05) is 0 Å². The van der Waals surface area contributed by atoms with Crippen LogP contribution in [0.15, 0.2) is 48.5 Å². The molecular formula is C19H18F2N2O3. The molecule has 2 aromatic carbocycles. The highest BCUT2D eigenvalue weighted by molar-refractivity contribution is 5.96. The summed E-state index contributed by atoms with van der Waals surface area (Å²) in [5.41, 5.74) is 1.88. The van der Waals surface area contributed by atoms with Gasteiger partial charge >= 0.3 is 6.61 Å². The van der Waals surface area contributed by atoms with E-state index in [0.29, 0.717) is 11.3 Å². The molecule has 0 atom stereocenters. The molecule has 0 unspecified atom stereocenters. The zero-order chi connectivity index (χ0) is 18.5. The van der Waals surface area contributed by atoms with E-state index < -0.39 is 6.61 Å². The summed E-state index contributed by atoms with van der Waals surface area (Å²) in [4.78, 5) is 23.9. The highest BCUT2D eigenvalue weighted by atomic mass is 19.3. The van der Waals surface area contributed by atoms with Crippen molar-refractivity contribution in [3.63, 3.8) is 0 Å². The third-order valence-corrected chi connectivity index (χ3v) is 3.96. The van der Waals surface area contributed by atoms with Crippen LogP contribution < -0.4 is 15.4 Å². The van der Waals surface area contributed by atoms with Gasteiger partial charge in [-0.1, -0.05) is 12.1 Å². The number of rotatable bonds is 7. The first-order valence-electron chi connectivity index (χ1n) is 8.24. The lowest BCUT2D eigenvalue weighted by Crippen LogP contribution is -2.22. The lowest BCUT2D eigenvalue weighted by molar-refractivity contribution is -0.117. The van der Waals surface area contributed by atoms with Gasteiger partial charge in [-0.2, -0.15) is 8.78 Å². The summed E-state index contributed by atoms with van der Waals surface area (Å²) in [7, 11) is 0. The number of halogens is 2. The van der Waals surface area contributed by atoms with Crippen molar-refractivity contribution in [1.82, 2.24) is 5.32 Å². The van der Waals surface area contributed by atoms with Crippen molar-refractivity contribution in [2.45, 2.75) is 26.0 Å². The second-order valence-electron chi connectivity index (χ2n) is 6.05. The summed E-state index contributed by atoms with van der Waals surface area (Å²) in [6.07, 6.45) is 1.86. The normalized spacial score (nSPS) is 13.3. The van der Waals surface area contributed by atoms with Gasteiger partial charge in [0.15, 0.2) is 0 Å². The number of alkyl halides is 2. The smallest absolute Gasteiger partial charge is 0.387 e. The van der Waals surface area contributed by atoms with Crippen molar-refractivity contribution in [3.05, 3.63) is 59.7 Å². The number of carbonyl (C=O) groups excluding carboxylic acids is 2. The van der Waals surface area contributed by atoms with Crippen LogP contribution in [0.4, 0.5) is 14.5 Å². The monoisotopic (exact) mass is 360 g/mol. The Bertz CT molecular complexity index is 772. The largest absolute Gasteiger partial charge is 0.435 e. The Kier molecular flexibility index (Phi) is 5.46. The molecule has 0 aromatic heterocycles. The van der Waals surface area contributed by atoms with Crippen molar-refractivity contribution >= 4 is 17.5 Å². The van der Waals surface area contributed by atoms with Gasteiger partial charge in [0.25, 0.3) is 5.91 Å². The van der Waals surface area contributed by atoms with E-state index >= 15 is 0 Å². The van der Waals surface area contributed by atoms with Crippen LogP contribution >= 0.6 is 0 Å². The fourth-order valence-electron chi connectivity index (χ4n) is 2.37. The summed E-state index contributed by atoms with van der Waals surface area (Å²) in [6.45, 7) is -2.61. The molecule has 26 heavy (non-hydrogen) atoms. The van der Waals surface area contributed by atoms with Gasteiger partial charge in [-0.15, -0.1) is 0 Å². The third-order valence-electron chi connectivity index (χ3n) is 3.96. The predicted molar refractivity (Wildman–Crippen MR) is 92.0 cm³/mol. The Morgan fingerprint density at radius 3 is 2.27 bits per heavy atom. The number of nitrogens with one attached hydrogen (secondary N) is 2. The average molecular weight is 360 g/mol. The van der Waals surface area contributed by atoms with Crippen LogP contribution in [-0.4, -0.2) is 18.4 Å². The predicted octanol–water partition coefficient (Wildman–Crippen LogP) is 3.57. The van der Waals surface area contributed by atoms with Crippen molar-refractivity contribution in [2.75, 3.05) is 5.32 Å². The molecule has 2 aromatic rings. The first-order chi connectivity index (χ1) is 12.5. The fraction of sp³-hybridized carbons (Fsp3) is 0.263. The van der Waals surface area contributed by atoms with Gasteiger partial charge in [0, 0.05) is 23.7 Å². The Hall–Kier alpha value is -2.96. The maximum Gasteiger partial charge on any atom is 0.387 e. The zero-order valence-electron chi connectivity index (χ0n) is 13.9. The molecular weight excluding hydrogens is 342 g/mol. The van der Waals surface area contributed by atoms with Gasteiger partial charge in [0.05, 0.1) is 0 Å². The van der Waals surface area contributed by atoms with Crippen LogP contribution in [0.3, 0.4) is 0 Å². The summed E-state index contributed by atoms with van der Waals surface area (Å²) < 4.78 is 28.5. The van der Waals surface area contributed by atoms with Crippen molar-refractivity contribution in [3.8, 4) is 5.75 Å². The van der Waals surface area contributed by atoms with Crippen LogP contribution in [0.25, 0.3) is 0 Å². The molecule has 3 rings (SSSR count). The second kappa shape index (κ2) is 7.95. The molecule has 1 saturated carbocycles. The highest BCUT2D eigenvalue weighted by Gasteiger charge is 2.29. The van der Waals surface area contributed by atoms with Crippen molar-refractivity contribution in [1.29, 1.82) is 0 Å². The number of benzene rings is 2. The molecule has 0 saturated heterocycles. The first kappa shape index (κ1) is 17.8. The molecule has 0 radical (unpaired) electrons. The maximum absolute atomic E-state index is 12.2. The zero-order valence-corrected chi connectivity index (χ0v) is 13.9. The van der Waals surface area contributed by atoms with Crippen molar-refractivity contribution < 1.29 is 23.1 Å². The molecule has 0 aliphatic heterocycles.